The van der Waals surface area contributed by atoms with Crippen molar-refractivity contribution in [3.63, 3.8) is 0 Å². The molecule has 0 atom stereocenters. The number of rotatable bonds is 9. The van der Waals surface area contributed by atoms with E-state index in [4.69, 9.17) is 15.3 Å². The van der Waals surface area contributed by atoms with Gasteiger partial charge in [-0.25, -0.2) is 0 Å². The van der Waals surface area contributed by atoms with Crippen molar-refractivity contribution in [3.8, 4) is 0 Å². The van der Waals surface area contributed by atoms with Crippen molar-refractivity contribution in [2.75, 3.05) is 31.7 Å². The van der Waals surface area contributed by atoms with E-state index in [-0.39, 0.29) is 24.3 Å². The van der Waals surface area contributed by atoms with Crippen LogP contribution in [0.1, 0.15) is 20.7 Å². The molecule has 0 bridgehead atoms. The number of aliphatic hydroxyl groups is 3. The number of halogens is 3. The van der Waals surface area contributed by atoms with E-state index in [2.05, 4.69) is 16.0 Å². The van der Waals surface area contributed by atoms with Gasteiger partial charge in [0.25, 0.3) is 11.8 Å². The molecule has 12 heteroatoms. The van der Waals surface area contributed by atoms with Gasteiger partial charge >= 0.3 is 0 Å². The fourth-order valence-corrected chi connectivity index (χ4v) is 6.37. The first-order valence-electron chi connectivity index (χ1n) is 7.16. The van der Waals surface area contributed by atoms with E-state index in [1.165, 1.54) is 0 Å². The molecule has 1 rings (SSSR count). The lowest BCUT2D eigenvalue weighted by Gasteiger charge is -2.20. The molecule has 1 aromatic rings. The Morgan fingerprint density at radius 2 is 1.50 bits per heavy atom. The number of hydrogen-bond acceptors (Lipinski definition) is 6. The van der Waals surface area contributed by atoms with Crippen LogP contribution in [0.5, 0.6) is 0 Å². The molecule has 0 aliphatic heterocycles. The van der Waals surface area contributed by atoms with Gasteiger partial charge in [-0.1, -0.05) is 0 Å². The first kappa shape index (κ1) is 23.7. The quantitative estimate of drug-likeness (QED) is 0.156. The highest BCUT2D eigenvalue weighted by atomic mass is 127. The summed E-state index contributed by atoms with van der Waals surface area (Å²) in [7, 11) is 0. The second kappa shape index (κ2) is 11.5. The highest BCUT2D eigenvalue weighted by Gasteiger charge is 2.28. The normalized spacial score (nSPS) is 10.6. The maximum atomic E-state index is 12.6. The van der Waals surface area contributed by atoms with E-state index in [1.807, 2.05) is 67.8 Å². The van der Waals surface area contributed by atoms with Gasteiger partial charge in [-0.15, -0.1) is 0 Å². The molecule has 1 aromatic carbocycles. The first-order chi connectivity index (χ1) is 12.3. The van der Waals surface area contributed by atoms with E-state index in [0.29, 0.717) is 22.8 Å². The van der Waals surface area contributed by atoms with Crippen molar-refractivity contribution in [3.05, 3.63) is 21.8 Å². The molecule has 144 valence electrons. The molecular weight excluding hydrogens is 687 g/mol. The topological polar surface area (TPSA) is 148 Å². The van der Waals surface area contributed by atoms with Crippen molar-refractivity contribution in [2.24, 2.45) is 0 Å². The van der Waals surface area contributed by atoms with Crippen LogP contribution in [0.4, 0.5) is 5.69 Å². The maximum Gasteiger partial charge on any atom is 0.253 e. The largest absolute Gasteiger partial charge is 0.395 e. The molecule has 0 aliphatic rings. The van der Waals surface area contributed by atoms with Gasteiger partial charge in [0.15, 0.2) is 0 Å². The highest BCUT2D eigenvalue weighted by Crippen LogP contribution is 2.35. The monoisotopic (exact) mass is 703 g/mol. The molecule has 0 saturated carbocycles. The minimum Gasteiger partial charge on any atom is -0.395 e. The molecule has 0 aliphatic carbocycles. The minimum atomic E-state index is -0.859. The van der Waals surface area contributed by atoms with Crippen LogP contribution < -0.4 is 16.0 Å². The van der Waals surface area contributed by atoms with Gasteiger partial charge in [-0.2, -0.15) is 0 Å². The zero-order valence-electron chi connectivity index (χ0n) is 13.2. The van der Waals surface area contributed by atoms with Gasteiger partial charge in [0.05, 0.1) is 49.8 Å². The maximum absolute atomic E-state index is 12.6. The van der Waals surface area contributed by atoms with E-state index in [9.17, 15) is 14.4 Å². The number of hydrogen-bond donors (Lipinski definition) is 6. The summed E-state index contributed by atoms with van der Waals surface area (Å²) in [4.78, 5) is 36.0. The van der Waals surface area contributed by atoms with Crippen molar-refractivity contribution < 1.29 is 29.7 Å². The number of carbonyl (C=O) groups is 3. The lowest BCUT2D eigenvalue weighted by Crippen LogP contribution is -2.41. The average Bonchev–Trinajstić information content (AvgIpc) is 2.61. The van der Waals surface area contributed by atoms with E-state index < -0.39 is 31.1 Å². The predicted molar refractivity (Wildman–Crippen MR) is 119 cm³/mol. The van der Waals surface area contributed by atoms with Crippen molar-refractivity contribution in [2.45, 2.75) is 6.04 Å². The lowest BCUT2D eigenvalue weighted by atomic mass is 10.1. The molecule has 3 amide bonds. The van der Waals surface area contributed by atoms with Crippen LogP contribution in [-0.4, -0.2) is 66.0 Å². The summed E-state index contributed by atoms with van der Waals surface area (Å²) < 4.78 is 1.20. The lowest BCUT2D eigenvalue weighted by molar-refractivity contribution is -0.105. The van der Waals surface area contributed by atoms with Crippen LogP contribution in [0.25, 0.3) is 0 Å². The number of carbonyl (C=O) groups excluding carboxylic acids is 3. The first-order valence-corrected chi connectivity index (χ1v) is 10.4. The molecule has 0 fully saturated rings. The third-order valence-electron chi connectivity index (χ3n) is 3.15. The van der Waals surface area contributed by atoms with Gasteiger partial charge in [0.1, 0.15) is 0 Å². The average molecular weight is 703 g/mol. The Bertz CT molecular complexity index is 697. The Balaban J connectivity index is 3.53. The van der Waals surface area contributed by atoms with Gasteiger partial charge in [0.2, 0.25) is 6.41 Å². The summed E-state index contributed by atoms with van der Waals surface area (Å²) in [6.07, 6.45) is 0.438. The summed E-state index contributed by atoms with van der Waals surface area (Å²) in [5, 5.41) is 34.7. The number of aliphatic hydroxyl groups excluding tert-OH is 3. The third kappa shape index (κ3) is 5.60. The van der Waals surface area contributed by atoms with Crippen LogP contribution in [0.3, 0.4) is 0 Å². The van der Waals surface area contributed by atoms with Gasteiger partial charge in [-0.3, -0.25) is 14.4 Å². The number of nitrogens with one attached hydrogen (secondary N) is 3. The Morgan fingerprint density at radius 1 is 0.962 bits per heavy atom. The molecule has 0 saturated heterocycles. The molecule has 6 N–H and O–H groups in total. The van der Waals surface area contributed by atoms with Crippen LogP contribution >= 0.6 is 67.8 Å². The Hall–Kier alpha value is -0.300. The van der Waals surface area contributed by atoms with E-state index in [0.717, 1.165) is 0 Å². The standard InChI is InChI=1S/C14H16I3N3O6/c15-9-7(13(25)18-1-2-21)10(16)12(19-5-24)11(17)8(9)14(26)20-6(3-22)4-23/h5-6,21-23H,1-4H2,(H,18,25)(H,19,24)(H,20,26). The third-order valence-corrected chi connectivity index (χ3v) is 6.38. The zero-order valence-corrected chi connectivity index (χ0v) is 19.7. The molecule has 0 unspecified atom stereocenters. The summed E-state index contributed by atoms with van der Waals surface area (Å²) >= 11 is 5.63. The summed E-state index contributed by atoms with van der Waals surface area (Å²) in [5.41, 5.74) is 0.613. The second-order valence-electron chi connectivity index (χ2n) is 4.84. The molecule has 0 radical (unpaired) electrons. The molecular formula is C14H16I3N3O6. The van der Waals surface area contributed by atoms with Crippen molar-refractivity contribution >= 4 is 91.7 Å². The Labute approximate surface area is 190 Å². The van der Waals surface area contributed by atoms with E-state index in [1.54, 1.807) is 0 Å². The smallest absolute Gasteiger partial charge is 0.253 e. The van der Waals surface area contributed by atoms with E-state index >= 15 is 0 Å². The summed E-state index contributed by atoms with van der Waals surface area (Å²) in [6, 6.07) is -0.859. The van der Waals surface area contributed by atoms with Crippen LogP contribution in [0, 0.1) is 10.7 Å². The van der Waals surface area contributed by atoms with Gasteiger partial charge < -0.3 is 31.3 Å². The van der Waals surface area contributed by atoms with Crippen molar-refractivity contribution in [1.29, 1.82) is 0 Å². The van der Waals surface area contributed by atoms with Crippen LogP contribution in [0.15, 0.2) is 0 Å². The summed E-state index contributed by atoms with van der Waals surface area (Å²) in [6.45, 7) is -1.12. The molecule has 0 heterocycles. The molecule has 26 heavy (non-hydrogen) atoms. The number of amides is 3. The van der Waals surface area contributed by atoms with Gasteiger partial charge in [-0.05, 0) is 67.8 Å². The molecule has 0 spiro atoms. The number of benzene rings is 1. The zero-order chi connectivity index (χ0) is 19.9. The van der Waals surface area contributed by atoms with Gasteiger partial charge in [0, 0.05) is 10.1 Å². The fourth-order valence-electron chi connectivity index (χ4n) is 1.91. The Kier molecular flexibility index (Phi) is 10.5. The predicted octanol–water partition coefficient (Wildman–Crippen LogP) is -0.126. The fraction of sp³-hybridized carbons (Fsp3) is 0.357. The second-order valence-corrected chi connectivity index (χ2v) is 8.08. The number of anilines is 1. The van der Waals surface area contributed by atoms with Crippen molar-refractivity contribution in [1.82, 2.24) is 10.6 Å². The van der Waals surface area contributed by atoms with Crippen LogP contribution in [0.2, 0.25) is 0 Å². The molecule has 0 aromatic heterocycles. The molecule has 9 nitrogen and oxygen atoms in total. The SMILES string of the molecule is O=CNc1c(I)c(C(=O)NCCO)c(I)c(C(=O)NC(CO)CO)c1I. The van der Waals surface area contributed by atoms with Crippen LogP contribution in [-0.2, 0) is 4.79 Å². The highest BCUT2D eigenvalue weighted by molar-refractivity contribution is 14.1. The minimum absolute atomic E-state index is 0.0338. The summed E-state index contributed by atoms with van der Waals surface area (Å²) in [5.74, 6) is -1.11. The Morgan fingerprint density at radius 3 is 1.96 bits per heavy atom.